The second-order valence-electron chi connectivity index (χ2n) is 4.06. The highest BCUT2D eigenvalue weighted by Gasteiger charge is 2.06. The van der Waals surface area contributed by atoms with E-state index in [-0.39, 0.29) is 0 Å². The molecule has 0 N–H and O–H groups in total. The minimum atomic E-state index is 0.745. The van der Waals surface area contributed by atoms with E-state index in [1.165, 1.54) is 5.56 Å². The van der Waals surface area contributed by atoms with Crippen molar-refractivity contribution in [2.24, 2.45) is 0 Å². The van der Waals surface area contributed by atoms with E-state index in [9.17, 15) is 0 Å². The molecule has 0 aliphatic heterocycles. The van der Waals surface area contributed by atoms with Gasteiger partial charge in [0.15, 0.2) is 0 Å². The van der Waals surface area contributed by atoms with Gasteiger partial charge >= 0.3 is 0 Å². The molecule has 0 amide bonds. The highest BCUT2D eigenvalue weighted by molar-refractivity contribution is 7.98. The Morgan fingerprint density at radius 2 is 1.84 bits per heavy atom. The number of hydrogen-bond acceptors (Lipinski definition) is 3. The average molecular weight is 287 g/mol. The van der Waals surface area contributed by atoms with Crippen molar-refractivity contribution in [3.8, 4) is 0 Å². The fourth-order valence-corrected chi connectivity index (χ4v) is 2.96. The molecule has 2 aromatic heterocycles. The molecular weight excluding hydrogens is 276 g/mol. The van der Waals surface area contributed by atoms with Crippen LogP contribution >= 0.6 is 23.4 Å². The van der Waals surface area contributed by atoms with Gasteiger partial charge in [-0.3, -0.25) is 4.98 Å². The normalized spacial score (nSPS) is 10.8. The van der Waals surface area contributed by atoms with Gasteiger partial charge in [0.05, 0.1) is 10.5 Å². The van der Waals surface area contributed by atoms with Gasteiger partial charge in [0.2, 0.25) is 0 Å². The molecule has 2 nitrogen and oxygen atoms in total. The number of thioether (sulfide) groups is 1. The minimum absolute atomic E-state index is 0.745. The summed E-state index contributed by atoms with van der Waals surface area (Å²) in [6, 6.07) is 13.8. The second-order valence-corrected chi connectivity index (χ2v) is 5.47. The molecular formula is C15H11ClN2S. The number of fused-ring (bicyclic) bond motifs is 1. The smallest absolute Gasteiger partial charge is 0.0963 e. The monoisotopic (exact) mass is 286 g/mol. The lowest BCUT2D eigenvalue weighted by Crippen LogP contribution is -1.88. The van der Waals surface area contributed by atoms with Crippen LogP contribution in [-0.4, -0.2) is 9.97 Å². The maximum Gasteiger partial charge on any atom is 0.0963 e. The first kappa shape index (κ1) is 12.5. The first-order valence-corrected chi connectivity index (χ1v) is 7.27. The van der Waals surface area contributed by atoms with E-state index in [2.05, 4.69) is 9.97 Å². The topological polar surface area (TPSA) is 25.8 Å². The van der Waals surface area contributed by atoms with Crippen molar-refractivity contribution in [1.29, 1.82) is 0 Å². The zero-order valence-electron chi connectivity index (χ0n) is 10.1. The predicted octanol–water partition coefficient (Wildman–Crippen LogP) is 4.58. The molecule has 0 radical (unpaired) electrons. The Bertz CT molecular complexity index is 701. The first-order valence-electron chi connectivity index (χ1n) is 5.90. The summed E-state index contributed by atoms with van der Waals surface area (Å²) in [6.45, 7) is 0. The first-order chi connectivity index (χ1) is 9.34. The lowest BCUT2D eigenvalue weighted by molar-refractivity contribution is 1.13. The molecule has 94 valence electrons. The van der Waals surface area contributed by atoms with Crippen molar-refractivity contribution in [2.75, 3.05) is 0 Å². The van der Waals surface area contributed by atoms with Gasteiger partial charge in [-0.05, 0) is 35.9 Å². The minimum Gasteiger partial charge on any atom is -0.256 e. The highest BCUT2D eigenvalue weighted by atomic mass is 35.5. The van der Waals surface area contributed by atoms with Gasteiger partial charge in [-0.1, -0.05) is 23.7 Å². The quantitative estimate of drug-likeness (QED) is 0.659. The third kappa shape index (κ3) is 2.72. The van der Waals surface area contributed by atoms with Crippen LogP contribution < -0.4 is 0 Å². The van der Waals surface area contributed by atoms with Crippen LogP contribution in [0.2, 0.25) is 5.02 Å². The number of nitrogens with zero attached hydrogens (tertiary/aromatic N) is 2. The van der Waals surface area contributed by atoms with E-state index in [4.69, 9.17) is 11.6 Å². The fourth-order valence-electron chi connectivity index (χ4n) is 1.90. The summed E-state index contributed by atoms with van der Waals surface area (Å²) in [5.41, 5.74) is 2.15. The zero-order valence-corrected chi connectivity index (χ0v) is 11.7. The van der Waals surface area contributed by atoms with Crippen LogP contribution in [0.3, 0.4) is 0 Å². The zero-order chi connectivity index (χ0) is 13.1. The van der Waals surface area contributed by atoms with Crippen molar-refractivity contribution in [1.82, 2.24) is 9.97 Å². The third-order valence-electron chi connectivity index (χ3n) is 2.81. The summed E-state index contributed by atoms with van der Waals surface area (Å²) in [5.74, 6) is 0.835. The molecule has 0 unspecified atom stereocenters. The lowest BCUT2D eigenvalue weighted by atomic mass is 10.1. The molecule has 2 heterocycles. The van der Waals surface area contributed by atoms with Crippen LogP contribution in [-0.2, 0) is 5.75 Å². The van der Waals surface area contributed by atoms with Crippen molar-refractivity contribution < 1.29 is 0 Å². The fraction of sp³-hybridized carbons (Fsp3) is 0.0667. The molecule has 3 aromatic rings. The SMILES string of the molecule is Clc1ccc(CSc2ccccn2)c2ncccc12. The van der Waals surface area contributed by atoms with Gasteiger partial charge in [0.1, 0.15) is 0 Å². The van der Waals surface area contributed by atoms with Crippen LogP contribution in [0.5, 0.6) is 0 Å². The predicted molar refractivity (Wildman–Crippen MR) is 80.6 cm³/mol. The second kappa shape index (κ2) is 5.59. The van der Waals surface area contributed by atoms with E-state index < -0.39 is 0 Å². The maximum atomic E-state index is 6.19. The summed E-state index contributed by atoms with van der Waals surface area (Å²) < 4.78 is 0. The van der Waals surface area contributed by atoms with E-state index in [1.807, 2.05) is 42.5 Å². The number of rotatable bonds is 3. The van der Waals surface area contributed by atoms with Gasteiger partial charge in [-0.15, -0.1) is 11.8 Å². The number of pyridine rings is 2. The number of hydrogen-bond donors (Lipinski definition) is 0. The molecule has 4 heteroatoms. The molecule has 0 atom stereocenters. The van der Waals surface area contributed by atoms with Gasteiger partial charge in [-0.25, -0.2) is 4.98 Å². The molecule has 19 heavy (non-hydrogen) atoms. The third-order valence-corrected chi connectivity index (χ3v) is 4.14. The molecule has 3 rings (SSSR count). The Labute approximate surface area is 120 Å². The maximum absolute atomic E-state index is 6.19. The van der Waals surface area contributed by atoms with E-state index in [0.717, 1.165) is 26.7 Å². The van der Waals surface area contributed by atoms with Crippen LogP contribution in [0.1, 0.15) is 5.56 Å². The Kier molecular flexibility index (Phi) is 3.67. The van der Waals surface area contributed by atoms with Crippen LogP contribution in [0, 0.1) is 0 Å². The molecule has 0 fully saturated rings. The molecule has 0 aliphatic carbocycles. The van der Waals surface area contributed by atoms with E-state index in [1.54, 1.807) is 24.2 Å². The average Bonchev–Trinajstić information content (AvgIpc) is 2.48. The van der Waals surface area contributed by atoms with Gasteiger partial charge in [0, 0.05) is 28.6 Å². The summed E-state index contributed by atoms with van der Waals surface area (Å²) >= 11 is 7.89. The van der Waals surface area contributed by atoms with E-state index >= 15 is 0 Å². The summed E-state index contributed by atoms with van der Waals surface area (Å²) in [4.78, 5) is 8.74. The van der Waals surface area contributed by atoms with Crippen LogP contribution in [0.25, 0.3) is 10.9 Å². The van der Waals surface area contributed by atoms with Crippen LogP contribution in [0.4, 0.5) is 0 Å². The Morgan fingerprint density at radius 3 is 2.68 bits per heavy atom. The van der Waals surface area contributed by atoms with Crippen LogP contribution in [0.15, 0.2) is 59.9 Å². The number of aromatic nitrogens is 2. The molecule has 0 aliphatic rings. The standard InChI is InChI=1S/C15H11ClN2S/c16-13-7-6-11(15-12(13)4-3-9-18-15)10-19-14-5-1-2-8-17-14/h1-9H,10H2. The summed E-state index contributed by atoms with van der Waals surface area (Å²) in [6.07, 6.45) is 3.61. The number of benzene rings is 1. The molecule has 0 bridgehead atoms. The van der Waals surface area contributed by atoms with Crippen molar-refractivity contribution in [2.45, 2.75) is 10.8 Å². The summed E-state index contributed by atoms with van der Waals surface area (Å²) in [7, 11) is 0. The molecule has 0 saturated carbocycles. The van der Waals surface area contributed by atoms with Crippen molar-refractivity contribution in [3.05, 3.63) is 65.4 Å². The Hall–Kier alpha value is -1.58. The molecule has 0 spiro atoms. The Morgan fingerprint density at radius 1 is 0.947 bits per heavy atom. The van der Waals surface area contributed by atoms with Gasteiger partial charge in [-0.2, -0.15) is 0 Å². The van der Waals surface area contributed by atoms with Gasteiger partial charge < -0.3 is 0 Å². The highest BCUT2D eigenvalue weighted by Crippen LogP contribution is 2.28. The summed E-state index contributed by atoms with van der Waals surface area (Å²) in [5, 5.41) is 2.76. The van der Waals surface area contributed by atoms with Crippen molar-refractivity contribution in [3.63, 3.8) is 0 Å². The molecule has 1 aromatic carbocycles. The van der Waals surface area contributed by atoms with Crippen molar-refractivity contribution >= 4 is 34.3 Å². The Balaban J connectivity index is 1.91. The van der Waals surface area contributed by atoms with E-state index in [0.29, 0.717) is 0 Å². The molecule has 0 saturated heterocycles. The van der Waals surface area contributed by atoms with Gasteiger partial charge in [0.25, 0.3) is 0 Å². The number of halogens is 1. The lowest BCUT2D eigenvalue weighted by Gasteiger charge is -2.06. The largest absolute Gasteiger partial charge is 0.256 e.